The van der Waals surface area contributed by atoms with Gasteiger partial charge >= 0.3 is 5.97 Å². The van der Waals surface area contributed by atoms with Crippen LogP contribution in [-0.4, -0.2) is 139 Å². The van der Waals surface area contributed by atoms with Gasteiger partial charge in [0.25, 0.3) is 5.91 Å². The van der Waals surface area contributed by atoms with E-state index < -0.39 is 46.9 Å². The zero-order valence-corrected chi connectivity index (χ0v) is 45.1. The number of nitrogens with one attached hydrogen (secondary N) is 3. The Morgan fingerprint density at radius 2 is 1.68 bits per heavy atom. The largest absolute Gasteiger partial charge is 0.492 e. The number of hydrogen-bond donors (Lipinski definition) is 3. The highest BCUT2D eigenvalue weighted by molar-refractivity contribution is 5.96. The van der Waals surface area contributed by atoms with E-state index in [4.69, 9.17) is 23.9 Å². The molecule has 2 aromatic carbocycles. The number of cyclic esters (lactones) is 1. The molecule has 4 fully saturated rings. The lowest BCUT2D eigenvalue weighted by atomic mass is 9.82. The lowest BCUT2D eigenvalue weighted by molar-refractivity contribution is -0.155. The normalized spacial score (nSPS) is 26.4. The van der Waals surface area contributed by atoms with Crippen LogP contribution >= 0.6 is 0 Å². The molecule has 1 unspecified atom stereocenters. The number of fused-ring (bicyclic) bond motifs is 8. The molecule has 5 aliphatic heterocycles. The number of aryl methyl sites for hydroxylation is 1. The summed E-state index contributed by atoms with van der Waals surface area (Å²) in [6.07, 6.45) is 8.28. The zero-order chi connectivity index (χ0) is 52.2. The second-order valence-corrected chi connectivity index (χ2v) is 23.1. The number of pyridine rings is 1. The number of likely N-dealkylation sites (N-methyl/N-ethyl adjacent to an activating group) is 1. The second-order valence-electron chi connectivity index (χ2n) is 23.1. The summed E-state index contributed by atoms with van der Waals surface area (Å²) in [4.78, 5) is 67.5. The molecular formula is C58H78N8O8. The van der Waals surface area contributed by atoms with Crippen LogP contribution in [0.25, 0.3) is 33.3 Å². The van der Waals surface area contributed by atoms with Gasteiger partial charge in [0.15, 0.2) is 0 Å². The van der Waals surface area contributed by atoms with E-state index in [0.717, 1.165) is 81.6 Å². The predicted octanol–water partition coefficient (Wildman–Crippen LogP) is 6.70. The van der Waals surface area contributed by atoms with Crippen LogP contribution < -0.4 is 20.8 Å². The molecule has 6 aliphatic rings. The summed E-state index contributed by atoms with van der Waals surface area (Å²) in [5.41, 5.74) is 10.9. The minimum absolute atomic E-state index is 0.123. The molecule has 3 saturated heterocycles. The molecule has 1 saturated carbocycles. The molecule has 0 radical (unpaired) electrons. The van der Waals surface area contributed by atoms with Crippen molar-refractivity contribution in [3.05, 3.63) is 71.0 Å². The Kier molecular flexibility index (Phi) is 14.8. The van der Waals surface area contributed by atoms with Crippen LogP contribution in [0.3, 0.4) is 0 Å². The second kappa shape index (κ2) is 21.0. The molecule has 74 heavy (non-hydrogen) atoms. The maximum Gasteiger partial charge on any atom is 0.324 e. The van der Waals surface area contributed by atoms with Gasteiger partial charge in [-0.25, -0.2) is 5.43 Å². The van der Waals surface area contributed by atoms with Gasteiger partial charge in [-0.15, -0.1) is 0 Å². The molecule has 3 amide bonds. The number of nitrogens with zero attached hydrogens (tertiary/aromatic N) is 5. The molecular weight excluding hydrogens is 937 g/mol. The number of esters is 1. The van der Waals surface area contributed by atoms with Crippen LogP contribution in [0.2, 0.25) is 0 Å². The van der Waals surface area contributed by atoms with Crippen LogP contribution in [0.1, 0.15) is 115 Å². The highest BCUT2D eigenvalue weighted by Crippen LogP contribution is 2.46. The molecule has 16 heteroatoms. The number of carbonyl (C=O) groups excluding carboxylic acids is 4. The van der Waals surface area contributed by atoms with Crippen LogP contribution in [-0.2, 0) is 58.4 Å². The standard InChI is InChI=1S/C58H78N8O8/c1-10-65-49-16-13-37-28-43(49)45(52(65)44-29-39(31-60-50(44)35(4)71-8)58(72-9)18-22-64(23-19-58)40-14-15-40)30-57(5,6)33-74-56(70)46-12-11-21-66(62-46)55(69)47-26-36-24-38(37)27-41(25-36)73-32-48-42(17-20-59-48)54(68)63(7)51(34(2)3)53(67)61-47/h13,16,24-25,27-29,31,34-35,40,42,46-48,51,59,62H,10-12,14-15,17-23,26,30,32-33H2,1-9H3,(H,61,67)/t35-,42-,46-,47?,48+,51-/m0/s1. The fourth-order valence-corrected chi connectivity index (χ4v) is 12.7. The Hall–Kier alpha value is -5.39. The number of hydrazine groups is 1. The van der Waals surface area contributed by atoms with Gasteiger partial charge in [0.2, 0.25) is 11.8 Å². The number of methoxy groups -OCH3 is 2. The number of rotatable bonds is 8. The van der Waals surface area contributed by atoms with Crippen molar-refractivity contribution in [1.29, 1.82) is 0 Å². The zero-order valence-electron chi connectivity index (χ0n) is 45.1. The molecule has 10 rings (SSSR count). The van der Waals surface area contributed by atoms with E-state index in [2.05, 4.69) is 76.6 Å². The number of amides is 3. The Morgan fingerprint density at radius 3 is 2.39 bits per heavy atom. The topological polar surface area (TPSA) is 169 Å². The van der Waals surface area contributed by atoms with Crippen LogP contribution in [0.5, 0.6) is 5.75 Å². The van der Waals surface area contributed by atoms with Crippen molar-refractivity contribution < 1.29 is 38.1 Å². The molecule has 8 bridgehead atoms. The average Bonchev–Trinajstić information content (AvgIpc) is 4.07. The Balaban J connectivity index is 1.16. The SMILES string of the molecule is CCn1c(-c2cc(C3(OC)CCN(C4CC4)CC3)cnc2[C@H](C)OC)c2c3cc(ccc31)-c1cc3cc(c1)OC[C@H]1NCC[C@@H]1C(=O)N(C)[C@@H](C(C)C)C(=O)NC(C3)C(=O)N1CCC[C@H](N1)C(=O)OCC(C)(C)C2. The monoisotopic (exact) mass is 1010 g/mol. The van der Waals surface area contributed by atoms with Gasteiger partial charge in [-0.05, 0) is 130 Å². The number of ether oxygens (including phenoxy) is 4. The number of aromatic nitrogens is 2. The molecule has 16 nitrogen and oxygen atoms in total. The fourth-order valence-electron chi connectivity index (χ4n) is 12.7. The van der Waals surface area contributed by atoms with E-state index in [-0.39, 0.29) is 49.5 Å². The first-order valence-corrected chi connectivity index (χ1v) is 27.3. The van der Waals surface area contributed by atoms with Gasteiger partial charge < -0.3 is 43.9 Å². The van der Waals surface area contributed by atoms with E-state index >= 15 is 0 Å². The van der Waals surface area contributed by atoms with Crippen molar-refractivity contribution in [1.82, 2.24) is 40.4 Å². The van der Waals surface area contributed by atoms with Crippen LogP contribution in [0.4, 0.5) is 0 Å². The Bertz CT molecular complexity index is 2780. The summed E-state index contributed by atoms with van der Waals surface area (Å²) >= 11 is 0. The number of likely N-dealkylation sites (tertiary alicyclic amines) is 1. The van der Waals surface area contributed by atoms with Crippen molar-refractivity contribution in [2.24, 2.45) is 17.3 Å². The maximum atomic E-state index is 14.9. The molecule has 2 aromatic heterocycles. The summed E-state index contributed by atoms with van der Waals surface area (Å²) in [6, 6.07) is 12.7. The van der Waals surface area contributed by atoms with Gasteiger partial charge in [-0.1, -0.05) is 39.8 Å². The van der Waals surface area contributed by atoms with Crippen molar-refractivity contribution in [3.8, 4) is 28.1 Å². The Labute approximate surface area is 436 Å². The van der Waals surface area contributed by atoms with E-state index in [1.165, 1.54) is 17.9 Å². The summed E-state index contributed by atoms with van der Waals surface area (Å²) < 4.78 is 28.0. The first-order chi connectivity index (χ1) is 35.5. The van der Waals surface area contributed by atoms with E-state index in [9.17, 15) is 19.2 Å². The number of piperidine rings is 1. The predicted molar refractivity (Wildman–Crippen MR) is 283 cm³/mol. The molecule has 398 valence electrons. The van der Waals surface area contributed by atoms with Gasteiger partial charge in [0.1, 0.15) is 30.5 Å². The molecule has 3 N–H and O–H groups in total. The highest BCUT2D eigenvalue weighted by atomic mass is 16.5. The molecule has 4 aromatic rings. The quantitative estimate of drug-likeness (QED) is 0.160. The van der Waals surface area contributed by atoms with E-state index in [0.29, 0.717) is 57.1 Å². The maximum absolute atomic E-state index is 14.9. The third-order valence-corrected chi connectivity index (χ3v) is 17.1. The average molecular weight is 1020 g/mol. The lowest BCUT2D eigenvalue weighted by Gasteiger charge is -2.41. The van der Waals surface area contributed by atoms with Crippen molar-refractivity contribution in [2.75, 3.05) is 60.7 Å². The van der Waals surface area contributed by atoms with Crippen molar-refractivity contribution >= 4 is 34.6 Å². The van der Waals surface area contributed by atoms with Crippen molar-refractivity contribution in [3.63, 3.8) is 0 Å². The van der Waals surface area contributed by atoms with Gasteiger partial charge in [-0.2, -0.15) is 0 Å². The van der Waals surface area contributed by atoms with Crippen LogP contribution in [0.15, 0.2) is 48.7 Å². The smallest absolute Gasteiger partial charge is 0.324 e. The third kappa shape index (κ3) is 10.1. The van der Waals surface area contributed by atoms with Crippen LogP contribution in [0, 0.1) is 17.3 Å². The number of hydrogen-bond acceptors (Lipinski definition) is 12. The minimum Gasteiger partial charge on any atom is -0.492 e. The molecule has 7 heterocycles. The molecule has 0 spiro atoms. The summed E-state index contributed by atoms with van der Waals surface area (Å²) in [6.45, 7) is 16.3. The van der Waals surface area contributed by atoms with Gasteiger partial charge in [0.05, 0.1) is 41.7 Å². The van der Waals surface area contributed by atoms with Gasteiger partial charge in [0, 0.05) is 93.6 Å². The highest BCUT2D eigenvalue weighted by Gasteiger charge is 2.44. The number of carbonyl (C=O) groups is 4. The summed E-state index contributed by atoms with van der Waals surface area (Å²) in [5.74, 6) is -1.44. The summed E-state index contributed by atoms with van der Waals surface area (Å²) in [5, 5.41) is 9.16. The molecule has 6 atom stereocenters. The first kappa shape index (κ1) is 52.1. The van der Waals surface area contributed by atoms with E-state index in [1.807, 2.05) is 46.2 Å². The van der Waals surface area contributed by atoms with Crippen molar-refractivity contribution in [2.45, 2.75) is 148 Å². The first-order valence-electron chi connectivity index (χ1n) is 27.3. The van der Waals surface area contributed by atoms with E-state index in [1.54, 1.807) is 19.1 Å². The lowest BCUT2D eigenvalue weighted by Crippen LogP contribution is -2.62. The fraction of sp³-hybridized carbons (Fsp3) is 0.603. The third-order valence-electron chi connectivity index (χ3n) is 17.1. The Morgan fingerprint density at radius 1 is 0.892 bits per heavy atom. The molecule has 1 aliphatic carbocycles. The van der Waals surface area contributed by atoms with Gasteiger partial charge in [-0.3, -0.25) is 29.2 Å². The summed E-state index contributed by atoms with van der Waals surface area (Å²) in [7, 11) is 5.24. The minimum atomic E-state index is -1.05. The number of benzene rings is 2.